The zero-order chi connectivity index (χ0) is 18.7. The standard InChI is InChI=1S/C21H32N2O2/c1-12(2)11-22-20(24)17-10-18(17)21(25)23-19-15(13(3)4)8-7-9-16(19)14(5)6/h7-9,12-14,17-18H,10-11H2,1-6H3,(H,22,24)(H,23,25). The van der Waals surface area contributed by atoms with Crippen LogP contribution in [0.5, 0.6) is 0 Å². The summed E-state index contributed by atoms with van der Waals surface area (Å²) in [5.41, 5.74) is 3.24. The van der Waals surface area contributed by atoms with Gasteiger partial charge >= 0.3 is 0 Å². The van der Waals surface area contributed by atoms with Crippen LogP contribution in [0.25, 0.3) is 0 Å². The molecule has 1 saturated carbocycles. The highest BCUT2D eigenvalue weighted by Gasteiger charge is 2.48. The summed E-state index contributed by atoms with van der Waals surface area (Å²) in [5.74, 6) is 0.688. The van der Waals surface area contributed by atoms with Crippen LogP contribution in [0.2, 0.25) is 0 Å². The number of hydrogen-bond donors (Lipinski definition) is 2. The molecule has 0 saturated heterocycles. The summed E-state index contributed by atoms with van der Waals surface area (Å²) in [6, 6.07) is 6.21. The molecular weight excluding hydrogens is 312 g/mol. The normalized spacial score (nSPS) is 19.4. The minimum absolute atomic E-state index is 0.00933. The van der Waals surface area contributed by atoms with Crippen molar-refractivity contribution < 1.29 is 9.59 Å². The van der Waals surface area contributed by atoms with Gasteiger partial charge in [0.25, 0.3) is 0 Å². The maximum Gasteiger partial charge on any atom is 0.228 e. The highest BCUT2D eigenvalue weighted by Crippen LogP contribution is 2.41. The van der Waals surface area contributed by atoms with E-state index in [4.69, 9.17) is 0 Å². The Labute approximate surface area is 151 Å². The Balaban J connectivity index is 2.08. The molecular formula is C21H32N2O2. The Bertz CT molecular complexity index is 609. The number of amides is 2. The van der Waals surface area contributed by atoms with Gasteiger partial charge in [-0.15, -0.1) is 0 Å². The monoisotopic (exact) mass is 344 g/mol. The maximum absolute atomic E-state index is 12.7. The summed E-state index contributed by atoms with van der Waals surface area (Å²) in [4.78, 5) is 24.8. The summed E-state index contributed by atoms with van der Waals surface area (Å²) in [6.45, 7) is 13.3. The molecule has 2 N–H and O–H groups in total. The van der Waals surface area contributed by atoms with Crippen molar-refractivity contribution in [2.75, 3.05) is 11.9 Å². The van der Waals surface area contributed by atoms with E-state index in [1.54, 1.807) is 0 Å². The third-order valence-electron chi connectivity index (χ3n) is 4.77. The minimum atomic E-state index is -0.201. The zero-order valence-electron chi connectivity index (χ0n) is 16.3. The molecule has 0 heterocycles. The van der Waals surface area contributed by atoms with Gasteiger partial charge in [0.15, 0.2) is 0 Å². The number of anilines is 1. The van der Waals surface area contributed by atoms with Crippen molar-refractivity contribution in [2.45, 2.75) is 59.8 Å². The van der Waals surface area contributed by atoms with Gasteiger partial charge in [-0.1, -0.05) is 59.7 Å². The fraction of sp³-hybridized carbons (Fsp3) is 0.619. The number of carbonyl (C=O) groups is 2. The summed E-state index contributed by atoms with van der Waals surface area (Å²) in [5, 5.41) is 6.07. The van der Waals surface area contributed by atoms with Crippen LogP contribution in [0, 0.1) is 17.8 Å². The topological polar surface area (TPSA) is 58.2 Å². The number of carbonyl (C=O) groups excluding carboxylic acids is 2. The first-order chi connectivity index (χ1) is 11.7. The van der Waals surface area contributed by atoms with Crippen molar-refractivity contribution in [3.8, 4) is 0 Å². The number of para-hydroxylation sites is 1. The summed E-state index contributed by atoms with van der Waals surface area (Å²) >= 11 is 0. The molecule has 0 aliphatic heterocycles. The Morgan fingerprint density at radius 3 is 1.96 bits per heavy atom. The third kappa shape index (κ3) is 4.83. The first-order valence-electron chi connectivity index (χ1n) is 9.43. The van der Waals surface area contributed by atoms with Crippen molar-refractivity contribution in [1.29, 1.82) is 0 Å². The van der Waals surface area contributed by atoms with E-state index >= 15 is 0 Å². The molecule has 4 nitrogen and oxygen atoms in total. The van der Waals surface area contributed by atoms with Gasteiger partial charge in [-0.3, -0.25) is 9.59 Å². The average Bonchev–Trinajstić information content (AvgIpc) is 3.33. The van der Waals surface area contributed by atoms with Crippen LogP contribution in [0.3, 0.4) is 0 Å². The van der Waals surface area contributed by atoms with Gasteiger partial charge < -0.3 is 10.6 Å². The van der Waals surface area contributed by atoms with Crippen molar-refractivity contribution >= 4 is 17.5 Å². The number of hydrogen-bond acceptors (Lipinski definition) is 2. The van der Waals surface area contributed by atoms with Crippen LogP contribution in [0.1, 0.15) is 70.9 Å². The van der Waals surface area contributed by atoms with Gasteiger partial charge in [0, 0.05) is 12.2 Å². The van der Waals surface area contributed by atoms with E-state index in [-0.39, 0.29) is 23.7 Å². The van der Waals surface area contributed by atoms with Crippen LogP contribution >= 0.6 is 0 Å². The highest BCUT2D eigenvalue weighted by atomic mass is 16.2. The summed E-state index contributed by atoms with van der Waals surface area (Å²) < 4.78 is 0. The molecule has 0 bridgehead atoms. The molecule has 4 heteroatoms. The SMILES string of the molecule is CC(C)CNC(=O)C1CC1C(=O)Nc1c(C(C)C)cccc1C(C)C. The second kappa shape index (κ2) is 8.03. The van der Waals surface area contributed by atoms with E-state index in [0.29, 0.717) is 30.7 Å². The van der Waals surface area contributed by atoms with E-state index in [1.165, 1.54) is 0 Å². The molecule has 1 aliphatic rings. The Kier molecular flexibility index (Phi) is 6.26. The lowest BCUT2D eigenvalue weighted by molar-refractivity contribution is -0.125. The highest BCUT2D eigenvalue weighted by molar-refractivity contribution is 6.00. The number of nitrogens with one attached hydrogen (secondary N) is 2. The van der Waals surface area contributed by atoms with Crippen LogP contribution in [0.4, 0.5) is 5.69 Å². The van der Waals surface area contributed by atoms with Gasteiger partial charge in [-0.25, -0.2) is 0 Å². The van der Waals surface area contributed by atoms with E-state index < -0.39 is 0 Å². The Morgan fingerprint density at radius 1 is 0.960 bits per heavy atom. The molecule has 2 atom stereocenters. The molecule has 0 aromatic heterocycles. The predicted molar refractivity (Wildman–Crippen MR) is 103 cm³/mol. The van der Waals surface area contributed by atoms with E-state index in [2.05, 4.69) is 70.4 Å². The van der Waals surface area contributed by atoms with E-state index in [1.807, 2.05) is 0 Å². The van der Waals surface area contributed by atoms with Crippen molar-refractivity contribution in [1.82, 2.24) is 5.32 Å². The average molecular weight is 344 g/mol. The summed E-state index contributed by atoms with van der Waals surface area (Å²) in [6.07, 6.45) is 0.649. The fourth-order valence-electron chi connectivity index (χ4n) is 3.12. The number of benzene rings is 1. The van der Waals surface area contributed by atoms with Crippen LogP contribution < -0.4 is 10.6 Å². The molecule has 2 unspecified atom stereocenters. The summed E-state index contributed by atoms with van der Waals surface area (Å²) in [7, 11) is 0. The molecule has 25 heavy (non-hydrogen) atoms. The molecule has 2 amide bonds. The fourth-order valence-corrected chi connectivity index (χ4v) is 3.12. The van der Waals surface area contributed by atoms with E-state index in [0.717, 1.165) is 16.8 Å². The molecule has 1 aromatic rings. The van der Waals surface area contributed by atoms with Gasteiger partial charge in [-0.2, -0.15) is 0 Å². The molecule has 1 aromatic carbocycles. The van der Waals surface area contributed by atoms with Crippen molar-refractivity contribution in [3.05, 3.63) is 29.3 Å². The van der Waals surface area contributed by atoms with Crippen molar-refractivity contribution in [2.24, 2.45) is 17.8 Å². The van der Waals surface area contributed by atoms with Gasteiger partial charge in [0.1, 0.15) is 0 Å². The molecule has 0 spiro atoms. The largest absolute Gasteiger partial charge is 0.356 e. The maximum atomic E-state index is 12.7. The van der Waals surface area contributed by atoms with Crippen LogP contribution in [-0.2, 0) is 9.59 Å². The molecule has 2 rings (SSSR count). The lowest BCUT2D eigenvalue weighted by Gasteiger charge is -2.20. The number of rotatable bonds is 7. The molecule has 1 fully saturated rings. The van der Waals surface area contributed by atoms with Crippen LogP contribution in [0.15, 0.2) is 18.2 Å². The second-order valence-corrected chi connectivity index (χ2v) is 8.20. The quantitative estimate of drug-likeness (QED) is 0.775. The predicted octanol–water partition coefficient (Wildman–Crippen LogP) is 4.28. The van der Waals surface area contributed by atoms with Gasteiger partial charge in [0.05, 0.1) is 11.8 Å². The zero-order valence-corrected chi connectivity index (χ0v) is 16.3. The molecule has 138 valence electrons. The smallest absolute Gasteiger partial charge is 0.228 e. The lowest BCUT2D eigenvalue weighted by Crippen LogP contribution is -2.30. The minimum Gasteiger partial charge on any atom is -0.356 e. The van der Waals surface area contributed by atoms with Crippen LogP contribution in [-0.4, -0.2) is 18.4 Å². The Morgan fingerprint density at radius 2 is 1.48 bits per heavy atom. The first kappa shape index (κ1) is 19.5. The van der Waals surface area contributed by atoms with Gasteiger partial charge in [0.2, 0.25) is 11.8 Å². The lowest BCUT2D eigenvalue weighted by atomic mass is 9.92. The van der Waals surface area contributed by atoms with E-state index in [9.17, 15) is 9.59 Å². The first-order valence-corrected chi connectivity index (χ1v) is 9.43. The third-order valence-corrected chi connectivity index (χ3v) is 4.77. The molecule has 1 aliphatic carbocycles. The van der Waals surface area contributed by atoms with Gasteiger partial charge in [-0.05, 0) is 35.3 Å². The molecule has 0 radical (unpaired) electrons. The Hall–Kier alpha value is -1.84. The van der Waals surface area contributed by atoms with Crippen molar-refractivity contribution in [3.63, 3.8) is 0 Å². The second-order valence-electron chi connectivity index (χ2n) is 8.20.